The molecule has 1 aliphatic carbocycles. The van der Waals surface area contributed by atoms with E-state index in [2.05, 4.69) is 41.1 Å². The van der Waals surface area contributed by atoms with Gasteiger partial charge in [0.05, 0.1) is 13.2 Å². The number of carbonyl (C=O) groups is 1. The van der Waals surface area contributed by atoms with Crippen LogP contribution in [0.1, 0.15) is 70.4 Å². The van der Waals surface area contributed by atoms with Gasteiger partial charge in [-0.1, -0.05) is 32.4 Å². The Labute approximate surface area is 188 Å². The maximum Gasteiger partial charge on any atom is 0.317 e. The van der Waals surface area contributed by atoms with E-state index < -0.39 is 0 Å². The van der Waals surface area contributed by atoms with Crippen LogP contribution in [0.4, 0.5) is 4.79 Å². The number of hydrogen-bond acceptors (Lipinski definition) is 3. The van der Waals surface area contributed by atoms with E-state index in [1.54, 1.807) is 7.11 Å². The van der Waals surface area contributed by atoms with Crippen molar-refractivity contribution in [1.29, 1.82) is 0 Å². The molecule has 0 unspecified atom stereocenters. The number of hydrogen-bond donors (Lipinski definition) is 1. The summed E-state index contributed by atoms with van der Waals surface area (Å²) < 4.78 is 5.31. The fourth-order valence-electron chi connectivity index (χ4n) is 5.60. The maximum atomic E-state index is 13.5. The van der Waals surface area contributed by atoms with Gasteiger partial charge in [0.1, 0.15) is 5.75 Å². The van der Waals surface area contributed by atoms with Gasteiger partial charge in [-0.3, -0.25) is 0 Å². The minimum absolute atomic E-state index is 0.0117. The number of urea groups is 1. The van der Waals surface area contributed by atoms with Crippen LogP contribution in [-0.4, -0.2) is 55.2 Å². The number of methoxy groups -OCH3 is 1. The second-order valence-electron chi connectivity index (χ2n) is 10.3. The number of benzene rings is 1. The van der Waals surface area contributed by atoms with Crippen LogP contribution in [0, 0.1) is 17.8 Å². The summed E-state index contributed by atoms with van der Waals surface area (Å²) in [5.41, 5.74) is 1.15. The zero-order chi connectivity index (χ0) is 21.8. The lowest BCUT2D eigenvalue weighted by molar-refractivity contribution is 0.0448. The fourth-order valence-corrected chi connectivity index (χ4v) is 5.60. The standard InChI is InChI=1S/C26H41N3O2/c1-19(2)25(21-11-13-23(31-3)14-12-21)27-26(30)29(17-20-9-10-20)18-22-7-6-16-28-15-5-4-8-24(22)28/h11-14,19-20,22,24-25H,4-10,15-18H2,1-3H3,(H,27,30)/t22-,24+,25-/m0/s1. The molecule has 2 aliphatic heterocycles. The van der Waals surface area contributed by atoms with E-state index in [1.807, 2.05) is 12.1 Å². The summed E-state index contributed by atoms with van der Waals surface area (Å²) in [6.45, 7) is 8.70. The lowest BCUT2D eigenvalue weighted by Crippen LogP contribution is -2.53. The highest BCUT2D eigenvalue weighted by atomic mass is 16.5. The Hall–Kier alpha value is -1.75. The highest BCUT2D eigenvalue weighted by molar-refractivity contribution is 5.75. The number of amides is 2. The minimum Gasteiger partial charge on any atom is -0.497 e. The van der Waals surface area contributed by atoms with Gasteiger partial charge < -0.3 is 19.9 Å². The molecule has 1 saturated carbocycles. The summed E-state index contributed by atoms with van der Waals surface area (Å²) in [7, 11) is 1.69. The first kappa shape index (κ1) is 22.4. The molecule has 3 aliphatic rings. The Morgan fingerprint density at radius 3 is 2.48 bits per heavy atom. The Morgan fingerprint density at radius 1 is 1.06 bits per heavy atom. The third-order valence-corrected chi connectivity index (χ3v) is 7.57. The lowest BCUT2D eigenvalue weighted by Gasteiger charge is -2.45. The molecular formula is C26H41N3O2. The summed E-state index contributed by atoms with van der Waals surface area (Å²) in [5.74, 6) is 2.50. The largest absolute Gasteiger partial charge is 0.497 e. The molecule has 3 fully saturated rings. The van der Waals surface area contributed by atoms with Gasteiger partial charge in [-0.15, -0.1) is 0 Å². The van der Waals surface area contributed by atoms with Crippen molar-refractivity contribution in [2.45, 2.75) is 70.9 Å². The van der Waals surface area contributed by atoms with Crippen molar-refractivity contribution in [2.24, 2.45) is 17.8 Å². The summed E-state index contributed by atoms with van der Waals surface area (Å²) in [6.07, 6.45) is 9.09. The van der Waals surface area contributed by atoms with Crippen molar-refractivity contribution in [3.8, 4) is 5.75 Å². The molecule has 0 bridgehead atoms. The zero-order valence-electron chi connectivity index (χ0n) is 19.7. The molecule has 5 heteroatoms. The second kappa shape index (κ2) is 10.2. The number of piperidine rings is 2. The third-order valence-electron chi connectivity index (χ3n) is 7.57. The molecule has 0 radical (unpaired) electrons. The number of fused-ring (bicyclic) bond motifs is 1. The van der Waals surface area contributed by atoms with Gasteiger partial charge in [0.2, 0.25) is 0 Å². The molecular weight excluding hydrogens is 386 g/mol. The number of nitrogens with zero attached hydrogens (tertiary/aromatic N) is 2. The zero-order valence-corrected chi connectivity index (χ0v) is 19.7. The molecule has 5 nitrogen and oxygen atoms in total. The van der Waals surface area contributed by atoms with Crippen LogP contribution in [0.2, 0.25) is 0 Å². The molecule has 0 aromatic heterocycles. The van der Waals surface area contributed by atoms with Gasteiger partial charge >= 0.3 is 6.03 Å². The van der Waals surface area contributed by atoms with Crippen LogP contribution in [0.3, 0.4) is 0 Å². The van der Waals surface area contributed by atoms with Gasteiger partial charge in [-0.05, 0) is 87.1 Å². The molecule has 3 atom stereocenters. The van der Waals surface area contributed by atoms with Crippen molar-refractivity contribution in [2.75, 3.05) is 33.3 Å². The normalized spacial score (nSPS) is 25.0. The average Bonchev–Trinajstić information content (AvgIpc) is 3.61. The minimum atomic E-state index is 0.0117. The highest BCUT2D eigenvalue weighted by Crippen LogP contribution is 2.34. The molecule has 0 spiro atoms. The smallest absolute Gasteiger partial charge is 0.317 e. The molecule has 4 rings (SSSR count). The van der Waals surface area contributed by atoms with Crippen LogP contribution in [0.5, 0.6) is 5.75 Å². The van der Waals surface area contributed by atoms with Crippen molar-refractivity contribution >= 4 is 6.03 Å². The van der Waals surface area contributed by atoms with Gasteiger partial charge in [0.15, 0.2) is 0 Å². The van der Waals surface area contributed by atoms with Crippen LogP contribution in [-0.2, 0) is 0 Å². The van der Waals surface area contributed by atoms with E-state index in [9.17, 15) is 4.79 Å². The maximum absolute atomic E-state index is 13.5. The molecule has 31 heavy (non-hydrogen) atoms. The first-order valence-electron chi connectivity index (χ1n) is 12.5. The highest BCUT2D eigenvalue weighted by Gasteiger charge is 2.36. The van der Waals surface area contributed by atoms with Crippen LogP contribution in [0.15, 0.2) is 24.3 Å². The fraction of sp³-hybridized carbons (Fsp3) is 0.731. The predicted octanol–water partition coefficient (Wildman–Crippen LogP) is 5.08. The Balaban J connectivity index is 1.45. The molecule has 2 heterocycles. The first-order valence-corrected chi connectivity index (χ1v) is 12.5. The topological polar surface area (TPSA) is 44.8 Å². The lowest BCUT2D eigenvalue weighted by atomic mass is 9.83. The van der Waals surface area contributed by atoms with Crippen LogP contribution >= 0.6 is 0 Å². The van der Waals surface area contributed by atoms with Gasteiger partial charge in [0.25, 0.3) is 0 Å². The van der Waals surface area contributed by atoms with Crippen molar-refractivity contribution < 1.29 is 9.53 Å². The molecule has 172 valence electrons. The van der Waals surface area contributed by atoms with E-state index in [4.69, 9.17) is 4.74 Å². The third kappa shape index (κ3) is 5.74. The summed E-state index contributed by atoms with van der Waals surface area (Å²) in [4.78, 5) is 18.4. The van der Waals surface area contributed by atoms with E-state index in [-0.39, 0.29) is 12.1 Å². The number of nitrogens with one attached hydrogen (secondary N) is 1. The van der Waals surface area contributed by atoms with Crippen LogP contribution in [0.25, 0.3) is 0 Å². The van der Waals surface area contributed by atoms with Gasteiger partial charge in [0, 0.05) is 19.1 Å². The van der Waals surface area contributed by atoms with Crippen molar-refractivity contribution in [1.82, 2.24) is 15.1 Å². The molecule has 1 aromatic rings. The summed E-state index contributed by atoms with van der Waals surface area (Å²) in [6, 6.07) is 8.94. The van der Waals surface area contributed by atoms with Crippen molar-refractivity contribution in [3.63, 3.8) is 0 Å². The van der Waals surface area contributed by atoms with E-state index in [0.717, 1.165) is 24.4 Å². The van der Waals surface area contributed by atoms with Gasteiger partial charge in [-0.2, -0.15) is 0 Å². The molecule has 1 aromatic carbocycles. The van der Waals surface area contributed by atoms with Crippen LogP contribution < -0.4 is 10.1 Å². The molecule has 1 N–H and O–H groups in total. The summed E-state index contributed by atoms with van der Waals surface area (Å²) >= 11 is 0. The van der Waals surface area contributed by atoms with Gasteiger partial charge in [-0.25, -0.2) is 4.79 Å². The molecule has 2 saturated heterocycles. The Kier molecular flexibility index (Phi) is 7.42. The first-order chi connectivity index (χ1) is 15.0. The van der Waals surface area contributed by atoms with Crippen molar-refractivity contribution in [3.05, 3.63) is 29.8 Å². The monoisotopic (exact) mass is 427 g/mol. The number of carbonyl (C=O) groups excluding carboxylic acids is 1. The van der Waals surface area contributed by atoms with E-state index in [0.29, 0.717) is 23.8 Å². The number of rotatable bonds is 8. The number of ether oxygens (including phenoxy) is 1. The summed E-state index contributed by atoms with van der Waals surface area (Å²) in [5, 5.41) is 3.40. The SMILES string of the molecule is COc1ccc([C@@H](NC(=O)N(CC2CC2)C[C@@H]2CCCN3CCCC[C@H]23)C(C)C)cc1. The molecule has 2 amide bonds. The van der Waals surface area contributed by atoms with E-state index in [1.165, 1.54) is 58.0 Å². The quantitative estimate of drug-likeness (QED) is 0.629. The second-order valence-corrected chi connectivity index (χ2v) is 10.3. The van der Waals surface area contributed by atoms with E-state index >= 15 is 0 Å². The predicted molar refractivity (Wildman–Crippen MR) is 125 cm³/mol. The Morgan fingerprint density at radius 2 is 1.81 bits per heavy atom. The Bertz CT molecular complexity index is 714. The average molecular weight is 428 g/mol.